The van der Waals surface area contributed by atoms with E-state index < -0.39 is 6.03 Å². The number of aromatic nitrogens is 3. The second kappa shape index (κ2) is 10.7. The summed E-state index contributed by atoms with van der Waals surface area (Å²) in [4.78, 5) is 19.4. The smallest absolute Gasteiger partial charge is 0.324 e. The molecule has 4 heterocycles. The Balaban J connectivity index is 1.08. The molecule has 208 valence electrons. The summed E-state index contributed by atoms with van der Waals surface area (Å²) in [5, 5.41) is 9.41. The number of carbonyl (C=O) groups excluding carboxylic acids is 1. The number of carbonyl (C=O) groups is 1. The summed E-state index contributed by atoms with van der Waals surface area (Å²) in [7, 11) is 0. The van der Waals surface area contributed by atoms with Crippen LogP contribution < -0.4 is 15.4 Å². The average molecular weight is 545 g/mol. The van der Waals surface area contributed by atoms with E-state index in [9.17, 15) is 4.79 Å². The molecular weight excluding hydrogens is 512 g/mol. The van der Waals surface area contributed by atoms with Crippen LogP contribution in [0.25, 0.3) is 28.2 Å². The Labute approximate surface area is 231 Å². The number of hydrogen-bond donors (Lipinski definition) is 2. The highest BCUT2D eigenvalue weighted by Gasteiger charge is 2.20. The minimum atomic E-state index is -0.406. The minimum absolute atomic E-state index is 0.194. The number of benzene rings is 2. The molecule has 0 radical (unpaired) electrons. The third kappa shape index (κ3) is 5.65. The highest BCUT2D eigenvalue weighted by Crippen LogP contribution is 2.29. The normalized spacial score (nSPS) is 14.6. The quantitative estimate of drug-likeness (QED) is 0.280. The Morgan fingerprint density at radius 1 is 1.05 bits per heavy atom. The monoisotopic (exact) mass is 544 g/mol. The number of oxazole rings is 1. The molecule has 0 unspecified atom stereocenters. The molecule has 0 saturated carbocycles. The number of hydrogen-bond acceptors (Lipinski definition) is 8. The van der Waals surface area contributed by atoms with Gasteiger partial charge >= 0.3 is 11.9 Å². The van der Waals surface area contributed by atoms with Crippen molar-refractivity contribution in [1.82, 2.24) is 19.4 Å². The van der Waals surface area contributed by atoms with Crippen LogP contribution >= 0.6 is 0 Å². The fourth-order valence-corrected chi connectivity index (χ4v) is 4.52. The van der Waals surface area contributed by atoms with Gasteiger partial charge in [0.1, 0.15) is 18.1 Å². The van der Waals surface area contributed by atoms with Gasteiger partial charge in [-0.25, -0.2) is 4.79 Å². The van der Waals surface area contributed by atoms with Crippen LogP contribution in [0.5, 0.6) is 5.75 Å². The van der Waals surface area contributed by atoms with E-state index in [-0.39, 0.29) is 5.41 Å². The van der Waals surface area contributed by atoms with Crippen LogP contribution in [0.2, 0.25) is 0 Å². The summed E-state index contributed by atoms with van der Waals surface area (Å²) >= 11 is 0. The van der Waals surface area contributed by atoms with Crippen molar-refractivity contribution in [3.63, 3.8) is 0 Å². The molecule has 11 nitrogen and oxygen atoms in total. The molecule has 0 spiro atoms. The third-order valence-corrected chi connectivity index (χ3v) is 6.78. The van der Waals surface area contributed by atoms with Gasteiger partial charge in [-0.1, -0.05) is 38.1 Å². The van der Waals surface area contributed by atoms with Crippen LogP contribution in [-0.2, 0) is 10.2 Å². The van der Waals surface area contributed by atoms with E-state index in [4.69, 9.17) is 18.4 Å². The first-order valence-corrected chi connectivity index (χ1v) is 13.3. The maximum Gasteiger partial charge on any atom is 0.324 e. The maximum atomic E-state index is 12.4. The number of fused-ring (bicyclic) bond motifs is 3. The first-order valence-electron chi connectivity index (χ1n) is 13.3. The molecule has 0 bridgehead atoms. The molecule has 0 atom stereocenters. The Hall–Kier alpha value is -4.35. The molecule has 2 amide bonds. The lowest BCUT2D eigenvalue weighted by atomic mass is 9.93. The van der Waals surface area contributed by atoms with E-state index in [1.54, 1.807) is 6.07 Å². The van der Waals surface area contributed by atoms with Crippen molar-refractivity contribution < 1.29 is 23.2 Å². The van der Waals surface area contributed by atoms with Crippen LogP contribution in [0.15, 0.2) is 63.7 Å². The average Bonchev–Trinajstić information content (AvgIpc) is 3.64. The van der Waals surface area contributed by atoms with E-state index in [1.165, 1.54) is 0 Å². The van der Waals surface area contributed by atoms with Gasteiger partial charge in [0.05, 0.1) is 24.4 Å². The third-order valence-electron chi connectivity index (χ3n) is 6.78. The molecule has 2 aromatic carbocycles. The molecule has 1 aliphatic heterocycles. The van der Waals surface area contributed by atoms with E-state index >= 15 is 0 Å². The zero-order valence-corrected chi connectivity index (χ0v) is 22.8. The molecule has 1 aliphatic rings. The Bertz CT molecular complexity index is 1620. The lowest BCUT2D eigenvalue weighted by Crippen LogP contribution is -2.38. The van der Waals surface area contributed by atoms with E-state index in [0.717, 1.165) is 55.4 Å². The zero-order valence-electron chi connectivity index (χ0n) is 22.8. The van der Waals surface area contributed by atoms with Gasteiger partial charge in [-0.2, -0.15) is 4.98 Å². The number of anilines is 2. The van der Waals surface area contributed by atoms with Gasteiger partial charge in [-0.05, 0) is 24.3 Å². The van der Waals surface area contributed by atoms with Crippen molar-refractivity contribution in [3.05, 3.63) is 60.5 Å². The van der Waals surface area contributed by atoms with Crippen molar-refractivity contribution in [2.45, 2.75) is 26.2 Å². The van der Waals surface area contributed by atoms with E-state index in [0.29, 0.717) is 35.3 Å². The van der Waals surface area contributed by atoms with Crippen molar-refractivity contribution in [2.75, 3.05) is 50.1 Å². The summed E-state index contributed by atoms with van der Waals surface area (Å²) < 4.78 is 24.6. The molecule has 1 fully saturated rings. The summed E-state index contributed by atoms with van der Waals surface area (Å²) in [6.07, 6.45) is 1.94. The summed E-state index contributed by atoms with van der Waals surface area (Å²) in [6, 6.07) is 14.6. The fraction of sp³-hybridized carbons (Fsp3) is 0.345. The molecule has 2 N–H and O–H groups in total. The Kier molecular flexibility index (Phi) is 6.91. The number of rotatable bonds is 7. The molecule has 3 aromatic heterocycles. The lowest BCUT2D eigenvalue weighted by Gasteiger charge is -2.26. The van der Waals surface area contributed by atoms with Gasteiger partial charge in [0.2, 0.25) is 0 Å². The lowest BCUT2D eigenvalue weighted by molar-refractivity contribution is 0.0322. The number of imidazole rings is 1. The van der Waals surface area contributed by atoms with Gasteiger partial charge in [0.15, 0.2) is 11.4 Å². The fourth-order valence-electron chi connectivity index (χ4n) is 4.52. The second-order valence-electron chi connectivity index (χ2n) is 10.8. The standard InChI is InChI=1S/C29H32N6O5/c1-29(2,3)25-17-26(33-40-25)32-27(36)30-20-6-4-19(5-7-20)22-18-35-23-9-8-21(16-24(23)39-28(35)31-22)38-15-12-34-10-13-37-14-11-34/h4-9,16-18H,10-15H2,1-3H3,(H2,30,32,33,36). The second-order valence-corrected chi connectivity index (χ2v) is 10.8. The maximum absolute atomic E-state index is 12.4. The Morgan fingerprint density at radius 3 is 2.60 bits per heavy atom. The predicted octanol–water partition coefficient (Wildman–Crippen LogP) is 5.39. The van der Waals surface area contributed by atoms with Crippen molar-refractivity contribution >= 4 is 34.5 Å². The zero-order chi connectivity index (χ0) is 27.7. The van der Waals surface area contributed by atoms with Gasteiger partial charge in [-0.15, -0.1) is 0 Å². The summed E-state index contributed by atoms with van der Waals surface area (Å²) in [6.45, 7) is 11.0. The number of ether oxygens (including phenoxy) is 2. The van der Waals surface area contributed by atoms with E-state index in [2.05, 4.69) is 25.7 Å². The highest BCUT2D eigenvalue weighted by atomic mass is 16.5. The predicted molar refractivity (Wildman–Crippen MR) is 151 cm³/mol. The van der Waals surface area contributed by atoms with Crippen LogP contribution in [0, 0.1) is 0 Å². The van der Waals surface area contributed by atoms with Gasteiger partial charge in [0.25, 0.3) is 0 Å². The molecule has 0 aliphatic carbocycles. The van der Waals surface area contributed by atoms with Gasteiger partial charge < -0.3 is 23.7 Å². The molecule has 6 rings (SSSR count). The molecular formula is C29H32N6O5. The number of amides is 2. The van der Waals surface area contributed by atoms with Crippen LogP contribution in [-0.4, -0.2) is 64.9 Å². The van der Waals surface area contributed by atoms with Crippen LogP contribution in [0.1, 0.15) is 26.5 Å². The molecule has 1 saturated heterocycles. The van der Waals surface area contributed by atoms with Gasteiger partial charge in [0, 0.05) is 54.6 Å². The Morgan fingerprint density at radius 2 is 1.85 bits per heavy atom. The number of nitrogens with one attached hydrogen (secondary N) is 2. The first-order chi connectivity index (χ1) is 19.3. The topological polar surface area (TPSA) is 119 Å². The molecule has 40 heavy (non-hydrogen) atoms. The first kappa shape index (κ1) is 25.9. The van der Waals surface area contributed by atoms with Crippen molar-refractivity contribution in [3.8, 4) is 17.0 Å². The summed E-state index contributed by atoms with van der Waals surface area (Å²) in [5.41, 5.74) is 3.72. The van der Waals surface area contributed by atoms with Crippen LogP contribution in [0.4, 0.5) is 16.3 Å². The number of nitrogens with zero attached hydrogens (tertiary/aromatic N) is 4. The number of urea groups is 1. The number of morpholine rings is 1. The van der Waals surface area contributed by atoms with E-state index in [1.807, 2.05) is 73.8 Å². The van der Waals surface area contributed by atoms with Gasteiger partial charge in [-0.3, -0.25) is 14.6 Å². The molecule has 11 heteroatoms. The summed E-state index contributed by atoms with van der Waals surface area (Å²) in [5.74, 6) is 2.32. The highest BCUT2D eigenvalue weighted by molar-refractivity contribution is 5.99. The van der Waals surface area contributed by atoms with Crippen LogP contribution in [0.3, 0.4) is 0 Å². The molecule has 5 aromatic rings. The van der Waals surface area contributed by atoms with Crippen molar-refractivity contribution in [1.29, 1.82) is 0 Å². The largest absolute Gasteiger partial charge is 0.492 e. The van der Waals surface area contributed by atoms with Crippen molar-refractivity contribution in [2.24, 2.45) is 0 Å². The SMILES string of the molecule is CC(C)(C)c1cc(NC(=O)Nc2ccc(-c3cn4c(n3)oc3cc(OCCN5CCOCC5)ccc34)cc2)no1. The minimum Gasteiger partial charge on any atom is -0.492 e.